The average Bonchev–Trinajstić information content (AvgIpc) is 2.84. The second-order valence-corrected chi connectivity index (χ2v) is 24.4. The van der Waals surface area contributed by atoms with Crippen LogP contribution >= 0.6 is 0 Å². The summed E-state index contributed by atoms with van der Waals surface area (Å²) in [6, 6.07) is 29.1. The minimum absolute atomic E-state index is 0.0135. The average molecular weight is 1160 g/mol. The Kier molecular flexibility index (Phi) is 23.3. The number of aliphatic hydroxyl groups is 4. The molecule has 84 heavy (non-hydrogen) atoms. The first-order valence-electron chi connectivity index (χ1n) is 30.0. The fourth-order valence-electron chi connectivity index (χ4n) is 11.4. The first kappa shape index (κ1) is 65.1. The van der Waals surface area contributed by atoms with Crippen molar-refractivity contribution in [2.75, 3.05) is 59.2 Å². The van der Waals surface area contributed by atoms with Crippen molar-refractivity contribution >= 4 is 17.7 Å². The predicted octanol–water partition coefficient (Wildman–Crippen LogP) is 6.21. The third kappa shape index (κ3) is 17.6. The van der Waals surface area contributed by atoms with Gasteiger partial charge in [0.1, 0.15) is 67.7 Å². The normalized spacial score (nSPS) is 21.0. The van der Waals surface area contributed by atoms with Crippen molar-refractivity contribution in [1.82, 2.24) is 31.5 Å². The molecule has 0 aromatic heterocycles. The number of rotatable bonds is 29. The molecule has 9 unspecified atom stereocenters. The van der Waals surface area contributed by atoms with Crippen molar-refractivity contribution in [3.63, 3.8) is 0 Å². The fourth-order valence-corrected chi connectivity index (χ4v) is 11.4. The molecule has 3 saturated heterocycles. The number of nitrogens with zero attached hydrogens (tertiary/aromatic N) is 1. The number of hydrogen-bond acceptors (Lipinski definition) is 14. The lowest BCUT2D eigenvalue weighted by Crippen LogP contribution is -2.58. The van der Waals surface area contributed by atoms with Crippen LogP contribution in [0.1, 0.15) is 128 Å². The largest absolute Gasteiger partial charge is 0.491 e. The fraction of sp³-hybridized carbons (Fsp3) is 0.537. The minimum atomic E-state index is -0.979. The van der Waals surface area contributed by atoms with E-state index in [0.29, 0.717) is 55.5 Å². The second kappa shape index (κ2) is 30.0. The maximum absolute atomic E-state index is 13.6. The number of ether oxygens (including phenoxy) is 4. The zero-order valence-corrected chi connectivity index (χ0v) is 50.2. The van der Waals surface area contributed by atoms with Gasteiger partial charge >= 0.3 is 0 Å². The summed E-state index contributed by atoms with van der Waals surface area (Å²) in [7, 11) is 0. The van der Waals surface area contributed by atoms with Gasteiger partial charge < -0.3 is 60.6 Å². The number of aliphatic hydroxyl groups excluding tert-OH is 4. The summed E-state index contributed by atoms with van der Waals surface area (Å²) in [5, 5.41) is 60.2. The predicted molar refractivity (Wildman–Crippen MR) is 326 cm³/mol. The highest BCUT2D eigenvalue weighted by Crippen LogP contribution is 2.37. The van der Waals surface area contributed by atoms with Crippen molar-refractivity contribution in [2.24, 2.45) is 0 Å². The molecule has 3 aliphatic heterocycles. The van der Waals surface area contributed by atoms with Crippen LogP contribution in [-0.2, 0) is 25.2 Å². The summed E-state index contributed by atoms with van der Waals surface area (Å²) in [6.07, 6.45) is 12.2. The molecule has 0 bridgehead atoms. The highest BCUT2D eigenvalue weighted by Gasteiger charge is 2.40. The maximum Gasteiger partial charge on any atom is 0.237 e. The van der Waals surface area contributed by atoms with E-state index in [9.17, 15) is 34.8 Å². The molecule has 17 nitrogen and oxygen atoms in total. The lowest BCUT2D eigenvalue weighted by Gasteiger charge is -2.44. The first-order valence-corrected chi connectivity index (χ1v) is 30.0. The van der Waals surface area contributed by atoms with Crippen LogP contribution in [0.25, 0.3) is 0 Å². The molecule has 3 heterocycles. The van der Waals surface area contributed by atoms with E-state index in [-0.39, 0.29) is 75.7 Å². The summed E-state index contributed by atoms with van der Waals surface area (Å²) in [5.74, 6) is 5.05. The lowest BCUT2D eigenvalue weighted by atomic mass is 9.76. The Bertz CT molecular complexity index is 2790. The molecule has 4 aromatic rings. The summed E-state index contributed by atoms with van der Waals surface area (Å²) in [5.41, 5.74) is 0.791. The van der Waals surface area contributed by atoms with Crippen LogP contribution in [0.15, 0.2) is 110 Å². The van der Waals surface area contributed by atoms with Crippen LogP contribution in [-0.4, -0.2) is 156 Å². The van der Waals surface area contributed by atoms with Gasteiger partial charge in [-0.3, -0.25) is 24.6 Å². The number of carbonyl (C=O) groups is 3. The molecule has 0 aliphatic carbocycles. The first-order chi connectivity index (χ1) is 40.1. The molecule has 7 rings (SSSR count). The van der Waals surface area contributed by atoms with Crippen LogP contribution in [0.5, 0.6) is 23.0 Å². The van der Waals surface area contributed by atoms with Crippen molar-refractivity contribution in [1.29, 1.82) is 0 Å². The quantitative estimate of drug-likeness (QED) is 0.0218. The monoisotopic (exact) mass is 1160 g/mol. The highest BCUT2D eigenvalue weighted by molar-refractivity contribution is 5.83. The van der Waals surface area contributed by atoms with Crippen molar-refractivity contribution in [3.05, 3.63) is 132 Å². The number of terminal acetylenes is 1. The summed E-state index contributed by atoms with van der Waals surface area (Å²) >= 11 is 0. The van der Waals surface area contributed by atoms with Crippen LogP contribution < -0.4 is 45.5 Å². The molecule has 17 heteroatoms. The molecule has 456 valence electrons. The Morgan fingerprint density at radius 2 is 1.00 bits per heavy atom. The highest BCUT2D eigenvalue weighted by atomic mass is 16.5. The van der Waals surface area contributed by atoms with E-state index in [2.05, 4.69) is 46.0 Å². The van der Waals surface area contributed by atoms with Gasteiger partial charge in [0.15, 0.2) is 0 Å². The molecule has 9 N–H and O–H groups in total. The van der Waals surface area contributed by atoms with Gasteiger partial charge in [0.2, 0.25) is 17.7 Å². The molecule has 3 fully saturated rings. The summed E-state index contributed by atoms with van der Waals surface area (Å²) < 4.78 is 24.2. The van der Waals surface area contributed by atoms with Crippen LogP contribution in [0.4, 0.5) is 0 Å². The molecule has 0 radical (unpaired) electrons. The van der Waals surface area contributed by atoms with Gasteiger partial charge in [-0.05, 0) is 177 Å². The van der Waals surface area contributed by atoms with Gasteiger partial charge in [-0.1, -0.05) is 60.5 Å². The van der Waals surface area contributed by atoms with Crippen LogP contribution in [0.2, 0.25) is 0 Å². The third-order valence-corrected chi connectivity index (χ3v) is 17.1. The second-order valence-electron chi connectivity index (χ2n) is 24.4. The molecular weight excluding hydrogens is 1060 g/mol. The molecule has 0 saturated carbocycles. The van der Waals surface area contributed by atoms with Gasteiger partial charge in [0, 0.05) is 49.2 Å². The van der Waals surface area contributed by atoms with Gasteiger partial charge in [-0.25, -0.2) is 0 Å². The molecule has 9 atom stereocenters. The van der Waals surface area contributed by atoms with Gasteiger partial charge in [-0.2, -0.15) is 0 Å². The minimum Gasteiger partial charge on any atom is -0.491 e. The topological polar surface area (TPSA) is 232 Å². The zero-order chi connectivity index (χ0) is 60.5. The van der Waals surface area contributed by atoms with Gasteiger partial charge in [0.25, 0.3) is 0 Å². The molecule has 3 aliphatic rings. The Labute approximate surface area is 497 Å². The number of allylic oxidation sites excluding steroid dienone is 1. The molecule has 0 spiro atoms. The molecular formula is C67H92N6O11. The lowest BCUT2D eigenvalue weighted by molar-refractivity contribution is -0.131. The Balaban J connectivity index is 0.896. The van der Waals surface area contributed by atoms with E-state index in [0.717, 1.165) is 67.2 Å². The summed E-state index contributed by atoms with van der Waals surface area (Å²) in [4.78, 5) is 40.4. The number of carbonyl (C=O) groups excluding carboxylic acids is 3. The third-order valence-electron chi connectivity index (χ3n) is 17.1. The van der Waals surface area contributed by atoms with Crippen molar-refractivity contribution in [2.45, 2.75) is 170 Å². The van der Waals surface area contributed by atoms with Crippen molar-refractivity contribution in [3.8, 4) is 35.3 Å². The van der Waals surface area contributed by atoms with E-state index in [1.54, 1.807) is 0 Å². The Morgan fingerprint density at radius 3 is 1.49 bits per heavy atom. The number of benzene rings is 4. The maximum atomic E-state index is 13.6. The standard InChI is InChI=1S/C67H92N6O11/c1-9-66(7,47-22-30-54(31-23-47)82-43-51(75)40-71-57-17-11-14-36-68-61(57)78)46-20-28-53(29-21-46)81-42-50(74)39-64(3,4)73(59-19-13-16-38-70-63(59)80)41-52(76)44-83-55-32-24-48(25-33-55)67(8,10-2)49-26-34-56(35-27-49)84-45-60(77)65(5,6)72-58-18-12-15-37-69-62(58)79/h1,10,20-35,50-52,57-60,71-72,74-77H,2,11-19,36-45H2,3-8H3,(H,68,78)(H,69,79)(H,70,80). The van der Waals surface area contributed by atoms with Gasteiger partial charge in [0.05, 0.1) is 29.6 Å². The smallest absolute Gasteiger partial charge is 0.237 e. The van der Waals surface area contributed by atoms with E-state index in [1.807, 2.05) is 143 Å². The van der Waals surface area contributed by atoms with Gasteiger partial charge in [-0.15, -0.1) is 13.0 Å². The molecule has 4 aromatic carbocycles. The number of β-amino-alcohol motifs (C(OH)–C–C–N with tert-alkyl or cyclic N) is 1. The number of hydrogen-bond donors (Lipinski definition) is 9. The van der Waals surface area contributed by atoms with E-state index in [1.165, 1.54) is 0 Å². The SMILES string of the molecule is C#CC(C)(c1ccc(OCC(O)CNC2CCCCNC2=O)cc1)c1ccc(OCC(O)CC(C)(C)N(CC(O)COc2ccc(C(C)(C=C)c3ccc(OCC(O)C(C)(C)NC4CCCCNC4=O)cc3)cc2)C2CCCCNC2=O)cc1. The van der Waals surface area contributed by atoms with E-state index < -0.39 is 52.4 Å². The summed E-state index contributed by atoms with van der Waals surface area (Å²) in [6.45, 7) is 18.2. The van der Waals surface area contributed by atoms with Crippen LogP contribution in [0, 0.1) is 12.3 Å². The molecule has 3 amide bonds. The zero-order valence-electron chi connectivity index (χ0n) is 50.2. The van der Waals surface area contributed by atoms with E-state index in [4.69, 9.17) is 25.4 Å². The van der Waals surface area contributed by atoms with Crippen molar-refractivity contribution < 1.29 is 53.8 Å². The Morgan fingerprint density at radius 1 is 0.583 bits per heavy atom. The Hall–Kier alpha value is -6.49. The van der Waals surface area contributed by atoms with Crippen LogP contribution in [0.3, 0.4) is 0 Å². The van der Waals surface area contributed by atoms with E-state index >= 15 is 0 Å². The number of nitrogens with one attached hydrogen (secondary N) is 5. The number of amides is 3.